The van der Waals surface area contributed by atoms with Crippen molar-refractivity contribution in [3.63, 3.8) is 0 Å². The van der Waals surface area contributed by atoms with Gasteiger partial charge in [0.05, 0.1) is 12.9 Å². The molecule has 29 heavy (non-hydrogen) atoms. The molecule has 9 nitrogen and oxygen atoms in total. The quantitative estimate of drug-likeness (QED) is 0.396. The molecule has 0 aliphatic heterocycles. The standard InChI is InChI=1S/C19H18N8OS/c1-28-14-9-7-12(8-10-14)16-24-19(27-26-16)29-11-15-22-17(20)25-18(23-15)21-13-5-3-2-4-6-13/h2-10H,11H2,1H3,(H,24,26,27)(H3,20,21,22,23,25). The number of rotatable bonds is 7. The molecule has 0 fully saturated rings. The van der Waals surface area contributed by atoms with Crippen LogP contribution < -0.4 is 15.8 Å². The predicted molar refractivity (Wildman–Crippen MR) is 112 cm³/mol. The van der Waals surface area contributed by atoms with Crippen molar-refractivity contribution in [2.24, 2.45) is 0 Å². The number of aromatic nitrogens is 6. The van der Waals surface area contributed by atoms with E-state index in [1.54, 1.807) is 7.11 Å². The summed E-state index contributed by atoms with van der Waals surface area (Å²) in [7, 11) is 1.63. The number of hydrogen-bond donors (Lipinski definition) is 3. The molecule has 0 atom stereocenters. The number of nitrogens with zero attached hydrogens (tertiary/aromatic N) is 5. The Morgan fingerprint density at radius 2 is 1.79 bits per heavy atom. The van der Waals surface area contributed by atoms with Gasteiger partial charge in [-0.15, -0.1) is 5.10 Å². The van der Waals surface area contributed by atoms with Crippen LogP contribution in [0.1, 0.15) is 5.82 Å². The molecule has 146 valence electrons. The molecule has 4 rings (SSSR count). The molecule has 0 radical (unpaired) electrons. The molecule has 0 spiro atoms. The number of nitrogen functional groups attached to an aromatic ring is 1. The Bertz CT molecular complexity index is 1090. The number of hydrogen-bond acceptors (Lipinski definition) is 9. The zero-order chi connectivity index (χ0) is 20.1. The van der Waals surface area contributed by atoms with E-state index in [0.717, 1.165) is 17.0 Å². The maximum absolute atomic E-state index is 5.83. The van der Waals surface area contributed by atoms with Crippen LogP contribution in [0.4, 0.5) is 17.6 Å². The number of thioether (sulfide) groups is 1. The number of methoxy groups -OCH3 is 1. The maximum Gasteiger partial charge on any atom is 0.232 e. The first-order valence-electron chi connectivity index (χ1n) is 8.72. The van der Waals surface area contributed by atoms with Crippen LogP contribution in [0.15, 0.2) is 59.8 Å². The number of aromatic amines is 1. The molecule has 4 aromatic rings. The number of H-pyrrole nitrogens is 1. The highest BCUT2D eigenvalue weighted by Gasteiger charge is 2.10. The minimum Gasteiger partial charge on any atom is -0.497 e. The third kappa shape index (κ3) is 4.79. The van der Waals surface area contributed by atoms with Gasteiger partial charge in [-0.25, -0.2) is 4.98 Å². The van der Waals surface area contributed by atoms with E-state index in [2.05, 4.69) is 35.5 Å². The molecule has 0 amide bonds. The van der Waals surface area contributed by atoms with Crippen molar-refractivity contribution in [1.29, 1.82) is 0 Å². The average molecular weight is 406 g/mol. The average Bonchev–Trinajstić information content (AvgIpc) is 3.22. The molecular weight excluding hydrogens is 388 g/mol. The normalized spacial score (nSPS) is 10.7. The fraction of sp³-hybridized carbons (Fsp3) is 0.105. The Morgan fingerprint density at radius 1 is 1.00 bits per heavy atom. The Kier molecular flexibility index (Phi) is 5.52. The molecule has 0 aliphatic rings. The fourth-order valence-corrected chi connectivity index (χ4v) is 3.18. The van der Waals surface area contributed by atoms with Gasteiger partial charge in [-0.1, -0.05) is 30.0 Å². The number of anilines is 3. The van der Waals surface area contributed by atoms with Gasteiger partial charge in [0.2, 0.25) is 17.1 Å². The summed E-state index contributed by atoms with van der Waals surface area (Å²) < 4.78 is 5.17. The lowest BCUT2D eigenvalue weighted by molar-refractivity contribution is 0.415. The summed E-state index contributed by atoms with van der Waals surface area (Å²) in [4.78, 5) is 17.2. The Labute approximate surface area is 171 Å². The summed E-state index contributed by atoms with van der Waals surface area (Å²) in [5, 5.41) is 10.9. The zero-order valence-electron chi connectivity index (χ0n) is 15.5. The van der Waals surface area contributed by atoms with Crippen LogP contribution in [0.25, 0.3) is 11.4 Å². The molecular formula is C19H18N8OS. The van der Waals surface area contributed by atoms with Crippen molar-refractivity contribution < 1.29 is 4.74 Å². The lowest BCUT2D eigenvalue weighted by Gasteiger charge is -2.06. The van der Waals surface area contributed by atoms with Gasteiger partial charge in [0.1, 0.15) is 11.6 Å². The summed E-state index contributed by atoms with van der Waals surface area (Å²) in [6.07, 6.45) is 0. The Balaban J connectivity index is 1.43. The minimum atomic E-state index is 0.155. The predicted octanol–water partition coefficient (Wildman–Crippen LogP) is 3.28. The maximum atomic E-state index is 5.83. The molecule has 0 bridgehead atoms. The van der Waals surface area contributed by atoms with Crippen LogP contribution >= 0.6 is 11.8 Å². The van der Waals surface area contributed by atoms with E-state index >= 15 is 0 Å². The van der Waals surface area contributed by atoms with E-state index < -0.39 is 0 Å². The highest BCUT2D eigenvalue weighted by atomic mass is 32.2. The van der Waals surface area contributed by atoms with Crippen LogP contribution in [0, 0.1) is 0 Å². The van der Waals surface area contributed by atoms with Gasteiger partial charge in [-0.05, 0) is 36.4 Å². The number of nitrogens with one attached hydrogen (secondary N) is 2. The third-order valence-electron chi connectivity index (χ3n) is 3.89. The van der Waals surface area contributed by atoms with Crippen LogP contribution in [-0.2, 0) is 5.75 Å². The molecule has 2 aromatic carbocycles. The van der Waals surface area contributed by atoms with E-state index in [1.165, 1.54) is 11.8 Å². The Morgan fingerprint density at radius 3 is 2.55 bits per heavy atom. The topological polar surface area (TPSA) is 128 Å². The molecule has 0 aliphatic carbocycles. The summed E-state index contributed by atoms with van der Waals surface area (Å²) >= 11 is 1.41. The smallest absolute Gasteiger partial charge is 0.232 e. The van der Waals surface area contributed by atoms with Gasteiger partial charge >= 0.3 is 0 Å². The van der Waals surface area contributed by atoms with Gasteiger partial charge < -0.3 is 15.8 Å². The van der Waals surface area contributed by atoms with Crippen LogP contribution in [-0.4, -0.2) is 37.2 Å². The minimum absolute atomic E-state index is 0.155. The molecule has 4 N–H and O–H groups in total. The second kappa shape index (κ2) is 8.57. The summed E-state index contributed by atoms with van der Waals surface area (Å²) in [5.74, 6) is 3.01. The van der Waals surface area contributed by atoms with Gasteiger partial charge in [-0.3, -0.25) is 5.10 Å². The van der Waals surface area contributed by atoms with Crippen LogP contribution in [0.2, 0.25) is 0 Å². The third-order valence-corrected chi connectivity index (χ3v) is 4.73. The van der Waals surface area contributed by atoms with E-state index in [0.29, 0.717) is 28.5 Å². The first-order chi connectivity index (χ1) is 14.2. The summed E-state index contributed by atoms with van der Waals surface area (Å²) in [6, 6.07) is 17.2. The molecule has 2 heterocycles. The zero-order valence-corrected chi connectivity index (χ0v) is 16.3. The lowest BCUT2D eigenvalue weighted by atomic mass is 10.2. The monoisotopic (exact) mass is 406 g/mol. The van der Waals surface area contributed by atoms with Crippen LogP contribution in [0.3, 0.4) is 0 Å². The largest absolute Gasteiger partial charge is 0.497 e. The van der Waals surface area contributed by atoms with Gasteiger partial charge in [-0.2, -0.15) is 15.0 Å². The van der Waals surface area contributed by atoms with Gasteiger partial charge in [0.25, 0.3) is 0 Å². The van der Waals surface area contributed by atoms with Gasteiger partial charge in [0, 0.05) is 11.3 Å². The number of benzene rings is 2. The highest BCUT2D eigenvalue weighted by molar-refractivity contribution is 7.98. The van der Waals surface area contributed by atoms with Crippen molar-refractivity contribution in [2.75, 3.05) is 18.2 Å². The highest BCUT2D eigenvalue weighted by Crippen LogP contribution is 2.23. The number of ether oxygens (including phenoxy) is 1. The molecule has 2 aromatic heterocycles. The van der Waals surface area contributed by atoms with Crippen molar-refractivity contribution >= 4 is 29.3 Å². The van der Waals surface area contributed by atoms with Crippen molar-refractivity contribution in [3.8, 4) is 17.1 Å². The fourth-order valence-electron chi connectivity index (χ4n) is 2.53. The molecule has 0 saturated carbocycles. The van der Waals surface area contributed by atoms with Crippen molar-refractivity contribution in [1.82, 2.24) is 30.1 Å². The van der Waals surface area contributed by atoms with Gasteiger partial charge in [0.15, 0.2) is 5.82 Å². The first-order valence-corrected chi connectivity index (χ1v) is 9.70. The van der Waals surface area contributed by atoms with Crippen molar-refractivity contribution in [2.45, 2.75) is 10.9 Å². The number of nitrogens with two attached hydrogens (primary N) is 1. The second-order valence-corrected chi connectivity index (χ2v) is 6.85. The van der Waals surface area contributed by atoms with E-state index in [4.69, 9.17) is 10.5 Å². The van der Waals surface area contributed by atoms with E-state index in [-0.39, 0.29) is 5.95 Å². The molecule has 10 heteroatoms. The number of para-hydroxylation sites is 1. The first kappa shape index (κ1) is 18.7. The van der Waals surface area contributed by atoms with Crippen LogP contribution in [0.5, 0.6) is 5.75 Å². The van der Waals surface area contributed by atoms with E-state index in [1.807, 2.05) is 54.6 Å². The Hall–Kier alpha value is -3.66. The van der Waals surface area contributed by atoms with Crippen molar-refractivity contribution in [3.05, 3.63) is 60.4 Å². The summed E-state index contributed by atoms with van der Waals surface area (Å²) in [6.45, 7) is 0. The summed E-state index contributed by atoms with van der Waals surface area (Å²) in [5.41, 5.74) is 7.62. The SMILES string of the molecule is COc1ccc(-c2nc(SCc3nc(N)nc(Nc4ccccc4)n3)n[nH]2)cc1. The second-order valence-electron chi connectivity index (χ2n) is 5.91. The molecule has 0 saturated heterocycles. The lowest BCUT2D eigenvalue weighted by Crippen LogP contribution is -2.06. The van der Waals surface area contributed by atoms with E-state index in [9.17, 15) is 0 Å². The molecule has 0 unspecified atom stereocenters.